The van der Waals surface area contributed by atoms with E-state index in [1.54, 1.807) is 18.2 Å². The molecule has 18 heavy (non-hydrogen) atoms. The van der Waals surface area contributed by atoms with Gasteiger partial charge < -0.3 is 5.32 Å². The van der Waals surface area contributed by atoms with Gasteiger partial charge in [0.15, 0.2) is 0 Å². The fourth-order valence-electron chi connectivity index (χ4n) is 1.86. The molecule has 0 aliphatic carbocycles. The van der Waals surface area contributed by atoms with Crippen LogP contribution < -0.4 is 10.6 Å². The molecule has 1 saturated heterocycles. The van der Waals surface area contributed by atoms with E-state index in [1.165, 1.54) is 0 Å². The standard InChI is InChI=1S/C12H13ClF2N2O/c13-9-3-1-2-8(4-9)6-16-11(18)10-5-12(14,15)7-17-10/h1-4,10,17H,5-7H2,(H,16,18). The Balaban J connectivity index is 1.86. The average molecular weight is 275 g/mol. The van der Waals surface area contributed by atoms with Crippen molar-refractivity contribution in [2.45, 2.75) is 24.9 Å². The van der Waals surface area contributed by atoms with E-state index in [4.69, 9.17) is 11.6 Å². The maximum absolute atomic E-state index is 12.9. The number of halogens is 3. The van der Waals surface area contributed by atoms with Gasteiger partial charge in [0.05, 0.1) is 12.6 Å². The van der Waals surface area contributed by atoms with Gasteiger partial charge in [-0.1, -0.05) is 23.7 Å². The molecule has 0 radical (unpaired) electrons. The van der Waals surface area contributed by atoms with Gasteiger partial charge in [0.1, 0.15) is 0 Å². The second-order valence-corrected chi connectivity index (χ2v) is 4.78. The molecule has 0 saturated carbocycles. The van der Waals surface area contributed by atoms with E-state index in [9.17, 15) is 13.6 Å². The number of alkyl halides is 2. The number of nitrogens with one attached hydrogen (secondary N) is 2. The summed E-state index contributed by atoms with van der Waals surface area (Å²) >= 11 is 5.80. The summed E-state index contributed by atoms with van der Waals surface area (Å²) in [5.41, 5.74) is 0.834. The number of hydrogen-bond donors (Lipinski definition) is 2. The summed E-state index contributed by atoms with van der Waals surface area (Å²) in [6.07, 6.45) is -0.450. The molecule has 1 fully saturated rings. The van der Waals surface area contributed by atoms with E-state index in [0.717, 1.165) is 5.56 Å². The Morgan fingerprint density at radius 2 is 2.33 bits per heavy atom. The number of carbonyl (C=O) groups excluding carboxylic acids is 1. The molecule has 0 spiro atoms. The number of carbonyl (C=O) groups is 1. The van der Waals surface area contributed by atoms with Gasteiger partial charge in [0.2, 0.25) is 5.91 Å². The summed E-state index contributed by atoms with van der Waals surface area (Å²) in [6.45, 7) is -0.161. The minimum absolute atomic E-state index is 0.281. The van der Waals surface area contributed by atoms with Crippen LogP contribution in [0.4, 0.5) is 8.78 Å². The van der Waals surface area contributed by atoms with Crippen LogP contribution in [0, 0.1) is 0 Å². The van der Waals surface area contributed by atoms with Gasteiger partial charge in [-0.2, -0.15) is 0 Å². The zero-order valence-electron chi connectivity index (χ0n) is 9.55. The van der Waals surface area contributed by atoms with Crippen molar-refractivity contribution in [3.8, 4) is 0 Å². The lowest BCUT2D eigenvalue weighted by molar-refractivity contribution is -0.123. The van der Waals surface area contributed by atoms with Crippen molar-refractivity contribution < 1.29 is 13.6 Å². The SMILES string of the molecule is O=C(NCc1cccc(Cl)c1)C1CC(F)(F)CN1. The molecule has 1 aliphatic rings. The summed E-state index contributed by atoms with van der Waals surface area (Å²) in [4.78, 5) is 11.7. The summed E-state index contributed by atoms with van der Waals surface area (Å²) in [6, 6.07) is 6.21. The topological polar surface area (TPSA) is 41.1 Å². The molecule has 1 aliphatic heterocycles. The van der Waals surface area contributed by atoms with Gasteiger partial charge in [-0.25, -0.2) is 8.78 Å². The molecule has 6 heteroatoms. The van der Waals surface area contributed by atoms with Crippen molar-refractivity contribution in [1.82, 2.24) is 10.6 Å². The third kappa shape index (κ3) is 3.40. The predicted molar refractivity (Wildman–Crippen MR) is 64.7 cm³/mol. The second kappa shape index (κ2) is 5.20. The fourth-order valence-corrected chi connectivity index (χ4v) is 2.07. The van der Waals surface area contributed by atoms with Crippen LogP contribution in [-0.2, 0) is 11.3 Å². The molecular weight excluding hydrogens is 262 g/mol. The largest absolute Gasteiger partial charge is 0.351 e. The first-order chi connectivity index (χ1) is 8.46. The minimum Gasteiger partial charge on any atom is -0.351 e. The summed E-state index contributed by atoms with van der Waals surface area (Å²) in [7, 11) is 0. The monoisotopic (exact) mass is 274 g/mol. The third-order valence-electron chi connectivity index (χ3n) is 2.78. The summed E-state index contributed by atoms with van der Waals surface area (Å²) in [5, 5.41) is 5.69. The minimum atomic E-state index is -2.79. The Morgan fingerprint density at radius 1 is 1.56 bits per heavy atom. The van der Waals surface area contributed by atoms with Gasteiger partial charge in [0.25, 0.3) is 5.92 Å². The zero-order valence-corrected chi connectivity index (χ0v) is 10.3. The number of amides is 1. The Morgan fingerprint density at radius 3 is 2.94 bits per heavy atom. The lowest BCUT2D eigenvalue weighted by Crippen LogP contribution is -2.40. The Kier molecular flexibility index (Phi) is 3.82. The molecule has 1 aromatic rings. The highest BCUT2D eigenvalue weighted by Crippen LogP contribution is 2.25. The molecule has 1 atom stereocenters. The van der Waals surface area contributed by atoms with Crippen molar-refractivity contribution in [1.29, 1.82) is 0 Å². The van der Waals surface area contributed by atoms with E-state index in [2.05, 4.69) is 10.6 Å². The molecule has 1 aromatic carbocycles. The van der Waals surface area contributed by atoms with E-state index in [-0.39, 0.29) is 6.54 Å². The molecule has 0 bridgehead atoms. The van der Waals surface area contributed by atoms with E-state index >= 15 is 0 Å². The summed E-state index contributed by atoms with van der Waals surface area (Å²) < 4.78 is 25.8. The van der Waals surface area contributed by atoms with Crippen molar-refractivity contribution >= 4 is 17.5 Å². The second-order valence-electron chi connectivity index (χ2n) is 4.34. The van der Waals surface area contributed by atoms with Gasteiger partial charge >= 0.3 is 0 Å². The van der Waals surface area contributed by atoms with Crippen LogP contribution in [0.3, 0.4) is 0 Å². The average Bonchev–Trinajstić information content (AvgIpc) is 2.67. The first-order valence-corrected chi connectivity index (χ1v) is 5.97. The Hall–Kier alpha value is -1.20. The molecule has 98 valence electrons. The maximum atomic E-state index is 12.9. The molecule has 2 rings (SSSR count). The smallest absolute Gasteiger partial charge is 0.262 e. The van der Waals surface area contributed by atoms with E-state index in [0.29, 0.717) is 5.02 Å². The Bertz CT molecular complexity index is 453. The van der Waals surface area contributed by atoms with Gasteiger partial charge in [-0.3, -0.25) is 10.1 Å². The number of rotatable bonds is 3. The lowest BCUT2D eigenvalue weighted by atomic mass is 10.1. The lowest BCUT2D eigenvalue weighted by Gasteiger charge is -2.11. The van der Waals surface area contributed by atoms with Gasteiger partial charge in [0, 0.05) is 18.0 Å². The highest BCUT2D eigenvalue weighted by molar-refractivity contribution is 6.30. The zero-order chi connectivity index (χ0) is 13.2. The van der Waals surface area contributed by atoms with Crippen molar-refractivity contribution in [2.75, 3.05) is 6.54 Å². The molecule has 1 amide bonds. The van der Waals surface area contributed by atoms with Crippen LogP contribution in [0.5, 0.6) is 0 Å². The quantitative estimate of drug-likeness (QED) is 0.885. The van der Waals surface area contributed by atoms with Crippen LogP contribution in [0.2, 0.25) is 5.02 Å². The molecule has 2 N–H and O–H groups in total. The Labute approximate surface area is 109 Å². The van der Waals surface area contributed by atoms with Crippen LogP contribution in [0.1, 0.15) is 12.0 Å². The molecule has 3 nitrogen and oxygen atoms in total. The highest BCUT2D eigenvalue weighted by Gasteiger charge is 2.42. The van der Waals surface area contributed by atoms with Crippen molar-refractivity contribution in [3.63, 3.8) is 0 Å². The first kappa shape index (κ1) is 13.2. The van der Waals surface area contributed by atoms with Gasteiger partial charge in [-0.15, -0.1) is 0 Å². The summed E-state index contributed by atoms with van der Waals surface area (Å²) in [5.74, 6) is -3.20. The third-order valence-corrected chi connectivity index (χ3v) is 3.02. The van der Waals surface area contributed by atoms with E-state index < -0.39 is 30.8 Å². The molecule has 0 aromatic heterocycles. The molecule has 1 unspecified atom stereocenters. The van der Waals surface area contributed by atoms with Gasteiger partial charge in [-0.05, 0) is 17.7 Å². The van der Waals surface area contributed by atoms with Crippen LogP contribution in [-0.4, -0.2) is 24.4 Å². The fraction of sp³-hybridized carbons (Fsp3) is 0.417. The van der Waals surface area contributed by atoms with E-state index in [1.807, 2.05) is 6.07 Å². The van der Waals surface area contributed by atoms with Crippen molar-refractivity contribution in [2.24, 2.45) is 0 Å². The molecule has 1 heterocycles. The molecular formula is C12H13ClF2N2O. The predicted octanol–water partition coefficient (Wildman–Crippen LogP) is 1.95. The number of hydrogen-bond acceptors (Lipinski definition) is 2. The number of benzene rings is 1. The van der Waals surface area contributed by atoms with Crippen LogP contribution >= 0.6 is 11.6 Å². The van der Waals surface area contributed by atoms with Crippen LogP contribution in [0.15, 0.2) is 24.3 Å². The van der Waals surface area contributed by atoms with Crippen LogP contribution in [0.25, 0.3) is 0 Å². The normalized spacial score (nSPS) is 21.8. The first-order valence-electron chi connectivity index (χ1n) is 5.60. The maximum Gasteiger partial charge on any atom is 0.262 e. The highest BCUT2D eigenvalue weighted by atomic mass is 35.5. The van der Waals surface area contributed by atoms with Crippen molar-refractivity contribution in [3.05, 3.63) is 34.9 Å².